The number of carbonyl (C=O) groups excluding carboxylic acids is 2. The molecule has 120 valence electrons. The number of aromatic nitrogens is 1. The molecule has 1 fully saturated rings. The number of amides is 2. The first kappa shape index (κ1) is 15.6. The SMILES string of the molecule is C[C@@H]1CN(C(=O)c2csc(-c3ccc(F)cc3)n2)C[C@H]1C(N)=O. The molecular weight excluding hydrogens is 317 g/mol. The monoisotopic (exact) mass is 333 g/mol. The minimum absolute atomic E-state index is 0.0478. The van der Waals surface area contributed by atoms with Crippen LogP contribution < -0.4 is 5.73 Å². The average molecular weight is 333 g/mol. The first-order valence-corrected chi connectivity index (χ1v) is 8.13. The van der Waals surface area contributed by atoms with E-state index < -0.39 is 0 Å². The molecule has 5 nitrogen and oxygen atoms in total. The van der Waals surface area contributed by atoms with E-state index >= 15 is 0 Å². The second-order valence-corrected chi connectivity index (χ2v) is 6.60. The number of hydrogen-bond donors (Lipinski definition) is 1. The first-order chi connectivity index (χ1) is 11.0. The third-order valence-corrected chi connectivity index (χ3v) is 4.97. The maximum atomic E-state index is 13.0. The maximum Gasteiger partial charge on any atom is 0.273 e. The number of rotatable bonds is 3. The highest BCUT2D eigenvalue weighted by molar-refractivity contribution is 7.13. The number of halogens is 1. The van der Waals surface area contributed by atoms with Crippen LogP contribution in [-0.2, 0) is 4.79 Å². The summed E-state index contributed by atoms with van der Waals surface area (Å²) in [7, 11) is 0. The number of nitrogens with two attached hydrogens (primary N) is 1. The van der Waals surface area contributed by atoms with Crippen molar-refractivity contribution in [2.75, 3.05) is 13.1 Å². The Morgan fingerprint density at radius 2 is 2.00 bits per heavy atom. The quantitative estimate of drug-likeness (QED) is 0.935. The van der Waals surface area contributed by atoms with Crippen LogP contribution in [0.3, 0.4) is 0 Å². The van der Waals surface area contributed by atoms with E-state index in [9.17, 15) is 14.0 Å². The van der Waals surface area contributed by atoms with Gasteiger partial charge in [-0.1, -0.05) is 6.92 Å². The molecular formula is C16H16FN3O2S. The molecule has 2 atom stereocenters. The van der Waals surface area contributed by atoms with Gasteiger partial charge >= 0.3 is 0 Å². The Morgan fingerprint density at radius 3 is 2.61 bits per heavy atom. The van der Waals surface area contributed by atoms with Crippen LogP contribution >= 0.6 is 11.3 Å². The van der Waals surface area contributed by atoms with Crippen LogP contribution in [0.1, 0.15) is 17.4 Å². The van der Waals surface area contributed by atoms with Crippen LogP contribution in [0.25, 0.3) is 10.6 Å². The van der Waals surface area contributed by atoms with Crippen LogP contribution in [0.15, 0.2) is 29.6 Å². The van der Waals surface area contributed by atoms with Gasteiger partial charge in [0.2, 0.25) is 5.91 Å². The van der Waals surface area contributed by atoms with Crippen LogP contribution in [0, 0.1) is 17.7 Å². The van der Waals surface area contributed by atoms with Gasteiger partial charge in [0.05, 0.1) is 5.92 Å². The fourth-order valence-corrected chi connectivity index (χ4v) is 3.56. The molecule has 1 aliphatic rings. The predicted octanol–water partition coefficient (Wildman–Crippen LogP) is 2.14. The van der Waals surface area contributed by atoms with E-state index in [0.717, 1.165) is 5.56 Å². The summed E-state index contributed by atoms with van der Waals surface area (Å²) in [5, 5.41) is 2.34. The van der Waals surface area contributed by atoms with Gasteiger partial charge in [0.1, 0.15) is 16.5 Å². The Hall–Kier alpha value is -2.28. The van der Waals surface area contributed by atoms with E-state index in [-0.39, 0.29) is 29.5 Å². The summed E-state index contributed by atoms with van der Waals surface area (Å²) in [6, 6.07) is 5.97. The van der Waals surface area contributed by atoms with Gasteiger partial charge in [-0.15, -0.1) is 11.3 Å². The summed E-state index contributed by atoms with van der Waals surface area (Å²) in [6.45, 7) is 2.74. The van der Waals surface area contributed by atoms with Crippen molar-refractivity contribution in [3.8, 4) is 10.6 Å². The molecule has 0 spiro atoms. The maximum absolute atomic E-state index is 13.0. The number of thiazole rings is 1. The van der Waals surface area contributed by atoms with E-state index in [1.165, 1.54) is 23.5 Å². The topological polar surface area (TPSA) is 76.3 Å². The highest BCUT2D eigenvalue weighted by Crippen LogP contribution is 2.27. The number of carbonyl (C=O) groups is 2. The highest BCUT2D eigenvalue weighted by Gasteiger charge is 2.36. The molecule has 0 bridgehead atoms. The minimum Gasteiger partial charge on any atom is -0.369 e. The zero-order chi connectivity index (χ0) is 16.6. The standard InChI is InChI=1S/C16H16FN3O2S/c1-9-6-20(7-12(9)14(18)21)16(22)13-8-23-15(19-13)10-2-4-11(17)5-3-10/h2-5,8-9,12H,6-7H2,1H3,(H2,18,21)/t9-,12-/m1/s1. The Morgan fingerprint density at radius 1 is 1.30 bits per heavy atom. The summed E-state index contributed by atoms with van der Waals surface area (Å²) in [4.78, 5) is 29.8. The normalized spacial score (nSPS) is 20.7. The predicted molar refractivity (Wildman–Crippen MR) is 85.3 cm³/mol. The van der Waals surface area contributed by atoms with E-state index in [1.54, 1.807) is 22.4 Å². The molecule has 0 aliphatic carbocycles. The number of nitrogens with zero attached hydrogens (tertiary/aromatic N) is 2. The van der Waals surface area contributed by atoms with Crippen molar-refractivity contribution in [1.29, 1.82) is 0 Å². The van der Waals surface area contributed by atoms with Gasteiger partial charge in [0.25, 0.3) is 5.91 Å². The van der Waals surface area contributed by atoms with E-state index in [0.29, 0.717) is 23.8 Å². The second kappa shape index (κ2) is 6.08. The summed E-state index contributed by atoms with van der Waals surface area (Å²) in [5.41, 5.74) is 6.46. The molecule has 2 amide bonds. The van der Waals surface area contributed by atoms with Gasteiger partial charge in [0.15, 0.2) is 0 Å². The molecule has 7 heteroatoms. The highest BCUT2D eigenvalue weighted by atomic mass is 32.1. The smallest absolute Gasteiger partial charge is 0.273 e. The molecule has 3 rings (SSSR count). The van der Waals surface area contributed by atoms with Crippen LogP contribution in [0.2, 0.25) is 0 Å². The largest absolute Gasteiger partial charge is 0.369 e. The number of primary amides is 1. The second-order valence-electron chi connectivity index (χ2n) is 5.74. The van der Waals surface area contributed by atoms with Crippen molar-refractivity contribution in [3.05, 3.63) is 41.2 Å². The molecule has 1 aliphatic heterocycles. The van der Waals surface area contributed by atoms with E-state index in [1.807, 2.05) is 6.92 Å². The molecule has 2 aromatic rings. The molecule has 2 heterocycles. The van der Waals surface area contributed by atoms with Gasteiger partial charge in [0, 0.05) is 24.0 Å². The van der Waals surface area contributed by atoms with Crippen molar-refractivity contribution in [2.45, 2.75) is 6.92 Å². The third kappa shape index (κ3) is 3.10. The first-order valence-electron chi connectivity index (χ1n) is 7.25. The number of likely N-dealkylation sites (tertiary alicyclic amines) is 1. The summed E-state index contributed by atoms with van der Waals surface area (Å²) in [5.74, 6) is -1.16. The third-order valence-electron chi connectivity index (χ3n) is 4.08. The molecule has 1 saturated heterocycles. The average Bonchev–Trinajstić information content (AvgIpc) is 3.14. The van der Waals surface area contributed by atoms with Crippen molar-refractivity contribution < 1.29 is 14.0 Å². The molecule has 23 heavy (non-hydrogen) atoms. The van der Waals surface area contributed by atoms with E-state index in [2.05, 4.69) is 4.98 Å². The molecule has 0 unspecified atom stereocenters. The van der Waals surface area contributed by atoms with Gasteiger partial charge in [-0.3, -0.25) is 9.59 Å². The fourth-order valence-electron chi connectivity index (χ4n) is 2.76. The summed E-state index contributed by atoms with van der Waals surface area (Å²) in [6.07, 6.45) is 0. The lowest BCUT2D eigenvalue weighted by Gasteiger charge is -2.14. The summed E-state index contributed by atoms with van der Waals surface area (Å²) < 4.78 is 13.0. The Kier molecular flexibility index (Phi) is 4.12. The van der Waals surface area contributed by atoms with Crippen molar-refractivity contribution in [2.24, 2.45) is 17.6 Å². The van der Waals surface area contributed by atoms with Gasteiger partial charge in [-0.05, 0) is 30.2 Å². The zero-order valence-corrected chi connectivity index (χ0v) is 13.3. The Labute approximate surface area is 136 Å². The minimum atomic E-state index is -0.377. The lowest BCUT2D eigenvalue weighted by molar-refractivity contribution is -0.122. The van der Waals surface area contributed by atoms with Gasteiger partial charge in [-0.2, -0.15) is 0 Å². The molecule has 2 N–H and O–H groups in total. The van der Waals surface area contributed by atoms with Gasteiger partial charge in [-0.25, -0.2) is 9.37 Å². The number of benzene rings is 1. The van der Waals surface area contributed by atoms with Crippen LogP contribution in [0.4, 0.5) is 4.39 Å². The number of hydrogen-bond acceptors (Lipinski definition) is 4. The van der Waals surface area contributed by atoms with Gasteiger partial charge < -0.3 is 10.6 Å². The zero-order valence-electron chi connectivity index (χ0n) is 12.5. The van der Waals surface area contributed by atoms with Crippen LogP contribution in [0.5, 0.6) is 0 Å². The van der Waals surface area contributed by atoms with E-state index in [4.69, 9.17) is 5.73 Å². The molecule has 0 radical (unpaired) electrons. The van der Waals surface area contributed by atoms with Crippen molar-refractivity contribution in [1.82, 2.24) is 9.88 Å². The molecule has 1 aromatic carbocycles. The Balaban J connectivity index is 1.77. The lowest BCUT2D eigenvalue weighted by Crippen LogP contribution is -2.32. The fraction of sp³-hybridized carbons (Fsp3) is 0.312. The summed E-state index contributed by atoms with van der Waals surface area (Å²) >= 11 is 1.33. The van der Waals surface area contributed by atoms with Crippen LogP contribution in [-0.4, -0.2) is 34.8 Å². The molecule has 0 saturated carbocycles. The Bertz CT molecular complexity index is 744. The molecule has 1 aromatic heterocycles. The van der Waals surface area contributed by atoms with Crippen molar-refractivity contribution >= 4 is 23.2 Å². The lowest BCUT2D eigenvalue weighted by atomic mass is 9.98. The van der Waals surface area contributed by atoms with Crippen molar-refractivity contribution in [3.63, 3.8) is 0 Å².